The van der Waals surface area contributed by atoms with Crippen molar-refractivity contribution >= 4 is 23.5 Å². The summed E-state index contributed by atoms with van der Waals surface area (Å²) in [6.45, 7) is 3.77. The largest absolute Gasteiger partial charge is 0.493 e. The van der Waals surface area contributed by atoms with Crippen LogP contribution in [0, 0.1) is 0 Å². The number of benzene rings is 2. The monoisotopic (exact) mass is 361 g/mol. The molecular formula is C19H20ClNO4. The van der Waals surface area contributed by atoms with Crippen LogP contribution >= 0.6 is 11.6 Å². The second kappa shape index (κ2) is 9.08. The van der Waals surface area contributed by atoms with E-state index in [0.717, 1.165) is 0 Å². The Balaban J connectivity index is 1.92. The predicted octanol–water partition coefficient (Wildman–Crippen LogP) is 3.77. The summed E-state index contributed by atoms with van der Waals surface area (Å²) in [7, 11) is 0. The summed E-state index contributed by atoms with van der Waals surface area (Å²) >= 11 is 6.08. The van der Waals surface area contributed by atoms with Crippen LogP contribution < -0.4 is 10.1 Å². The van der Waals surface area contributed by atoms with Crippen molar-refractivity contribution in [1.82, 2.24) is 5.32 Å². The van der Waals surface area contributed by atoms with Crippen molar-refractivity contribution in [1.29, 1.82) is 0 Å². The molecule has 2 rings (SSSR count). The minimum Gasteiger partial charge on any atom is -0.493 e. The Bertz CT molecular complexity index is 748. The molecule has 0 heterocycles. The second-order valence-electron chi connectivity index (χ2n) is 5.27. The normalized spacial score (nSPS) is 11.5. The van der Waals surface area contributed by atoms with E-state index < -0.39 is 18.0 Å². The molecule has 0 saturated heterocycles. The molecule has 0 aliphatic carbocycles. The summed E-state index contributed by atoms with van der Waals surface area (Å²) in [6, 6.07) is 14.0. The third kappa shape index (κ3) is 5.22. The summed E-state index contributed by atoms with van der Waals surface area (Å²) in [6.07, 6.45) is -0.506. The van der Waals surface area contributed by atoms with Gasteiger partial charge in [0.1, 0.15) is 18.4 Å². The fourth-order valence-electron chi connectivity index (χ4n) is 2.29. The molecule has 25 heavy (non-hydrogen) atoms. The summed E-state index contributed by atoms with van der Waals surface area (Å²) in [5.74, 6) is -0.471. The molecule has 0 aliphatic heterocycles. The molecule has 2 aromatic carbocycles. The number of halogens is 1. The molecule has 6 heteroatoms. The molecule has 5 nitrogen and oxygen atoms in total. The number of carbonyl (C=O) groups excluding carboxylic acids is 2. The highest BCUT2D eigenvalue weighted by molar-refractivity contribution is 6.31. The zero-order valence-electron chi connectivity index (χ0n) is 14.1. The fraction of sp³-hybridized carbons (Fsp3) is 0.263. The van der Waals surface area contributed by atoms with Crippen molar-refractivity contribution < 1.29 is 19.1 Å². The minimum atomic E-state index is -0.547. The number of rotatable bonds is 7. The maximum absolute atomic E-state index is 12.2. The number of hydrogen-bond acceptors (Lipinski definition) is 4. The van der Waals surface area contributed by atoms with Crippen molar-refractivity contribution in [2.75, 3.05) is 13.2 Å². The molecule has 0 bridgehead atoms. The molecule has 0 aromatic heterocycles. The molecule has 0 aliphatic rings. The molecule has 0 spiro atoms. The van der Waals surface area contributed by atoms with Crippen molar-refractivity contribution in [3.63, 3.8) is 0 Å². The second-order valence-corrected chi connectivity index (χ2v) is 5.67. The number of nitrogens with one attached hydrogen (secondary N) is 1. The predicted molar refractivity (Wildman–Crippen MR) is 95.9 cm³/mol. The lowest BCUT2D eigenvalue weighted by molar-refractivity contribution is -0.147. The fourth-order valence-corrected chi connectivity index (χ4v) is 2.58. The van der Waals surface area contributed by atoms with Crippen molar-refractivity contribution in [3.8, 4) is 5.75 Å². The standard InChI is InChI=1S/C19H20ClNO4/c1-3-24-17-11-7-5-9-15(17)19(23)21-12-18(22)25-13(2)14-8-4-6-10-16(14)20/h4-11,13H,3,12H2,1-2H3,(H,21,23)/t13-/m0/s1. The van der Waals surface area contributed by atoms with E-state index in [1.165, 1.54) is 0 Å². The van der Waals surface area contributed by atoms with E-state index in [1.807, 2.05) is 13.0 Å². The van der Waals surface area contributed by atoms with Gasteiger partial charge >= 0.3 is 5.97 Å². The molecule has 0 unspecified atom stereocenters. The lowest BCUT2D eigenvalue weighted by Crippen LogP contribution is -2.31. The molecule has 1 N–H and O–H groups in total. The maximum Gasteiger partial charge on any atom is 0.326 e. The molecule has 0 fully saturated rings. The molecular weight excluding hydrogens is 342 g/mol. The van der Waals surface area contributed by atoms with Crippen LogP contribution in [0.15, 0.2) is 48.5 Å². The van der Waals surface area contributed by atoms with Gasteiger partial charge < -0.3 is 14.8 Å². The first-order valence-corrected chi connectivity index (χ1v) is 8.34. The average molecular weight is 362 g/mol. The zero-order chi connectivity index (χ0) is 18.2. The number of carbonyl (C=O) groups is 2. The highest BCUT2D eigenvalue weighted by atomic mass is 35.5. The van der Waals surface area contributed by atoms with Gasteiger partial charge in [-0.05, 0) is 32.0 Å². The molecule has 0 saturated carbocycles. The van der Waals surface area contributed by atoms with Gasteiger partial charge in [0.25, 0.3) is 5.91 Å². The van der Waals surface area contributed by atoms with Gasteiger partial charge in [-0.15, -0.1) is 0 Å². The third-order valence-corrected chi connectivity index (χ3v) is 3.82. The number of esters is 1. The Labute approximate surface area is 151 Å². The third-order valence-electron chi connectivity index (χ3n) is 3.48. The molecule has 1 atom stereocenters. The summed E-state index contributed by atoms with van der Waals surface area (Å²) in [5.41, 5.74) is 1.09. The highest BCUT2D eigenvalue weighted by Crippen LogP contribution is 2.25. The Hall–Kier alpha value is -2.53. The van der Waals surface area contributed by atoms with E-state index in [4.69, 9.17) is 21.1 Å². The van der Waals surface area contributed by atoms with Crippen molar-refractivity contribution in [2.24, 2.45) is 0 Å². The van der Waals surface area contributed by atoms with E-state index in [9.17, 15) is 9.59 Å². The lowest BCUT2D eigenvalue weighted by Gasteiger charge is -2.15. The number of ether oxygens (including phenoxy) is 2. The Morgan fingerprint density at radius 2 is 1.80 bits per heavy atom. The average Bonchev–Trinajstić information content (AvgIpc) is 2.60. The first-order chi connectivity index (χ1) is 12.0. The van der Waals surface area contributed by atoms with E-state index in [0.29, 0.717) is 28.5 Å². The summed E-state index contributed by atoms with van der Waals surface area (Å²) in [4.78, 5) is 24.2. The van der Waals surface area contributed by atoms with Crippen LogP contribution in [-0.4, -0.2) is 25.0 Å². The summed E-state index contributed by atoms with van der Waals surface area (Å²) < 4.78 is 10.7. The van der Waals surface area contributed by atoms with Crippen molar-refractivity contribution in [2.45, 2.75) is 20.0 Å². The SMILES string of the molecule is CCOc1ccccc1C(=O)NCC(=O)O[C@@H](C)c1ccccc1Cl. The lowest BCUT2D eigenvalue weighted by atomic mass is 10.1. The van der Waals surface area contributed by atoms with E-state index >= 15 is 0 Å². The maximum atomic E-state index is 12.2. The number of amides is 1. The zero-order valence-corrected chi connectivity index (χ0v) is 14.9. The molecule has 0 radical (unpaired) electrons. The Morgan fingerprint density at radius 1 is 1.12 bits per heavy atom. The van der Waals surface area contributed by atoms with Crippen LogP contribution in [0.3, 0.4) is 0 Å². The van der Waals surface area contributed by atoms with Gasteiger partial charge in [0.05, 0.1) is 12.2 Å². The molecule has 2 aromatic rings. The first kappa shape index (κ1) is 18.8. The van der Waals surface area contributed by atoms with Gasteiger partial charge in [-0.1, -0.05) is 41.9 Å². The molecule has 132 valence electrons. The van der Waals surface area contributed by atoms with E-state index in [1.54, 1.807) is 49.4 Å². The Morgan fingerprint density at radius 3 is 2.52 bits per heavy atom. The van der Waals surface area contributed by atoms with Gasteiger partial charge in [0.15, 0.2) is 0 Å². The van der Waals surface area contributed by atoms with Gasteiger partial charge in [0, 0.05) is 10.6 Å². The van der Waals surface area contributed by atoms with Gasteiger partial charge in [-0.25, -0.2) is 0 Å². The van der Waals surface area contributed by atoms with Gasteiger partial charge in [-0.3, -0.25) is 9.59 Å². The van der Waals surface area contributed by atoms with Gasteiger partial charge in [0.2, 0.25) is 0 Å². The van der Waals surface area contributed by atoms with Crippen molar-refractivity contribution in [3.05, 3.63) is 64.7 Å². The molecule has 1 amide bonds. The van der Waals surface area contributed by atoms with Crippen LogP contribution in [0.5, 0.6) is 5.75 Å². The van der Waals surface area contributed by atoms with Gasteiger partial charge in [-0.2, -0.15) is 0 Å². The number of hydrogen-bond donors (Lipinski definition) is 1. The van der Waals surface area contributed by atoms with Crippen LogP contribution in [0.25, 0.3) is 0 Å². The summed E-state index contributed by atoms with van der Waals surface area (Å²) in [5, 5.41) is 3.07. The van der Waals surface area contributed by atoms with Crippen LogP contribution in [0.4, 0.5) is 0 Å². The Kier molecular flexibility index (Phi) is 6.83. The smallest absolute Gasteiger partial charge is 0.326 e. The first-order valence-electron chi connectivity index (χ1n) is 7.96. The van der Waals surface area contributed by atoms with Crippen LogP contribution in [0.2, 0.25) is 5.02 Å². The number of para-hydroxylation sites is 1. The van der Waals surface area contributed by atoms with E-state index in [-0.39, 0.29) is 6.54 Å². The minimum absolute atomic E-state index is 0.242. The topological polar surface area (TPSA) is 64.6 Å². The van der Waals surface area contributed by atoms with E-state index in [2.05, 4.69) is 5.32 Å². The highest BCUT2D eigenvalue weighted by Gasteiger charge is 2.17. The van der Waals surface area contributed by atoms with Crippen LogP contribution in [0.1, 0.15) is 35.9 Å². The quantitative estimate of drug-likeness (QED) is 0.762. The van der Waals surface area contributed by atoms with Crippen LogP contribution in [-0.2, 0) is 9.53 Å².